The summed E-state index contributed by atoms with van der Waals surface area (Å²) in [6.45, 7) is 0.200. The minimum Gasteiger partial charge on any atom is -0.497 e. The second-order valence-electron chi connectivity index (χ2n) is 6.09. The number of amides is 1. The molecular formula is C20H19FN2O4S2. The summed E-state index contributed by atoms with van der Waals surface area (Å²) in [7, 11) is -0.953. The first-order valence-electron chi connectivity index (χ1n) is 8.56. The van der Waals surface area contributed by atoms with E-state index in [1.807, 2.05) is 0 Å². The average molecular weight is 435 g/mol. The lowest BCUT2D eigenvalue weighted by atomic mass is 10.2. The van der Waals surface area contributed by atoms with Crippen LogP contribution in [0.4, 0.5) is 10.1 Å². The molecule has 3 rings (SSSR count). The van der Waals surface area contributed by atoms with Gasteiger partial charge in [-0.1, -0.05) is 12.1 Å². The molecule has 0 saturated carbocycles. The highest BCUT2D eigenvalue weighted by Crippen LogP contribution is 2.30. The van der Waals surface area contributed by atoms with Crippen LogP contribution >= 0.6 is 11.3 Å². The maximum atomic E-state index is 13.0. The molecule has 0 fully saturated rings. The van der Waals surface area contributed by atoms with E-state index >= 15 is 0 Å². The van der Waals surface area contributed by atoms with Gasteiger partial charge in [-0.25, -0.2) is 12.8 Å². The fraction of sp³-hybridized carbons (Fsp3) is 0.150. The van der Waals surface area contributed by atoms with Crippen molar-refractivity contribution in [3.8, 4) is 5.75 Å². The van der Waals surface area contributed by atoms with Crippen molar-refractivity contribution in [1.29, 1.82) is 0 Å². The molecule has 1 aromatic heterocycles. The lowest BCUT2D eigenvalue weighted by Gasteiger charge is -2.20. The molecule has 1 N–H and O–H groups in total. The van der Waals surface area contributed by atoms with Crippen molar-refractivity contribution in [2.45, 2.75) is 11.4 Å². The predicted octanol–water partition coefficient (Wildman–Crippen LogP) is 3.65. The topological polar surface area (TPSA) is 75.7 Å². The third kappa shape index (κ3) is 4.57. The van der Waals surface area contributed by atoms with Crippen LogP contribution in [-0.2, 0) is 16.6 Å². The molecule has 0 atom stereocenters. The number of anilines is 1. The fourth-order valence-electron chi connectivity index (χ4n) is 2.62. The molecule has 0 aliphatic rings. The number of sulfonamides is 1. The van der Waals surface area contributed by atoms with Gasteiger partial charge in [-0.2, -0.15) is 0 Å². The maximum Gasteiger partial charge on any atom is 0.264 e. The van der Waals surface area contributed by atoms with Gasteiger partial charge in [-0.15, -0.1) is 11.3 Å². The fourth-order valence-corrected chi connectivity index (χ4v) is 4.72. The summed E-state index contributed by atoms with van der Waals surface area (Å²) in [5, 5.41) is 4.39. The van der Waals surface area contributed by atoms with Gasteiger partial charge < -0.3 is 10.1 Å². The van der Waals surface area contributed by atoms with E-state index in [4.69, 9.17) is 4.74 Å². The Bertz CT molecular complexity index is 1090. The second kappa shape index (κ2) is 8.62. The molecule has 2 aromatic carbocycles. The zero-order valence-electron chi connectivity index (χ0n) is 15.8. The molecule has 0 spiro atoms. The summed E-state index contributed by atoms with van der Waals surface area (Å²) < 4.78 is 45.0. The van der Waals surface area contributed by atoms with Crippen molar-refractivity contribution < 1.29 is 22.3 Å². The first-order chi connectivity index (χ1) is 13.8. The van der Waals surface area contributed by atoms with E-state index in [1.165, 1.54) is 38.4 Å². The van der Waals surface area contributed by atoms with Crippen molar-refractivity contribution >= 4 is 33.0 Å². The molecule has 29 heavy (non-hydrogen) atoms. The van der Waals surface area contributed by atoms with E-state index in [-0.39, 0.29) is 27.8 Å². The zero-order chi connectivity index (χ0) is 21.0. The quantitative estimate of drug-likeness (QED) is 0.616. The SMILES string of the molecule is COc1ccc(S(=O)(=O)N(C)c2ccsc2C(=O)NCc2ccc(F)cc2)cc1. The van der Waals surface area contributed by atoms with Crippen LogP contribution in [0, 0.1) is 5.82 Å². The average Bonchev–Trinajstić information content (AvgIpc) is 3.22. The van der Waals surface area contributed by atoms with Gasteiger partial charge in [0.05, 0.1) is 17.7 Å². The minimum atomic E-state index is -3.85. The van der Waals surface area contributed by atoms with Gasteiger partial charge in [-0.3, -0.25) is 9.10 Å². The Labute approximate surface area is 172 Å². The third-order valence-electron chi connectivity index (χ3n) is 4.27. The number of hydrogen-bond acceptors (Lipinski definition) is 5. The molecule has 0 saturated heterocycles. The molecular weight excluding hydrogens is 415 g/mol. The maximum absolute atomic E-state index is 13.0. The highest BCUT2D eigenvalue weighted by atomic mass is 32.2. The first kappa shape index (κ1) is 20.8. The van der Waals surface area contributed by atoms with Crippen LogP contribution in [0.5, 0.6) is 5.75 Å². The smallest absolute Gasteiger partial charge is 0.264 e. The standard InChI is InChI=1S/C20H19FN2O4S2/c1-23(29(25,26)17-9-7-16(27-2)8-10-17)18-11-12-28-19(18)20(24)22-13-14-3-5-15(21)6-4-14/h3-12H,13H2,1-2H3,(H,22,24). The van der Waals surface area contributed by atoms with Crippen LogP contribution in [0.2, 0.25) is 0 Å². The number of nitrogens with one attached hydrogen (secondary N) is 1. The molecule has 0 aliphatic heterocycles. The molecule has 3 aromatic rings. The highest BCUT2D eigenvalue weighted by molar-refractivity contribution is 7.92. The number of benzene rings is 2. The molecule has 0 bridgehead atoms. The monoisotopic (exact) mass is 434 g/mol. The Morgan fingerprint density at radius 3 is 2.38 bits per heavy atom. The van der Waals surface area contributed by atoms with E-state index in [0.717, 1.165) is 21.2 Å². The number of rotatable bonds is 7. The minimum absolute atomic E-state index is 0.0877. The van der Waals surface area contributed by atoms with Crippen LogP contribution < -0.4 is 14.4 Å². The third-order valence-corrected chi connectivity index (χ3v) is 6.96. The summed E-state index contributed by atoms with van der Waals surface area (Å²) in [6.07, 6.45) is 0. The van der Waals surface area contributed by atoms with Crippen LogP contribution in [0.25, 0.3) is 0 Å². The van der Waals surface area contributed by atoms with Gasteiger partial charge in [0.15, 0.2) is 0 Å². The predicted molar refractivity (Wildman–Crippen MR) is 110 cm³/mol. The lowest BCUT2D eigenvalue weighted by Crippen LogP contribution is -2.29. The summed E-state index contributed by atoms with van der Waals surface area (Å²) in [5.74, 6) is -0.218. The molecule has 6 nitrogen and oxygen atoms in total. The van der Waals surface area contributed by atoms with Gasteiger partial charge in [0, 0.05) is 13.6 Å². The van der Waals surface area contributed by atoms with Gasteiger partial charge in [0.25, 0.3) is 15.9 Å². The van der Waals surface area contributed by atoms with E-state index < -0.39 is 15.9 Å². The van der Waals surface area contributed by atoms with Crippen molar-refractivity contribution in [2.75, 3.05) is 18.5 Å². The Morgan fingerprint density at radius 1 is 1.10 bits per heavy atom. The highest BCUT2D eigenvalue weighted by Gasteiger charge is 2.26. The van der Waals surface area contributed by atoms with E-state index in [0.29, 0.717) is 5.75 Å². The second-order valence-corrected chi connectivity index (χ2v) is 8.98. The summed E-state index contributed by atoms with van der Waals surface area (Å²) in [6, 6.07) is 13.4. The number of thiophene rings is 1. The van der Waals surface area contributed by atoms with Gasteiger partial charge in [0.2, 0.25) is 0 Å². The molecule has 0 radical (unpaired) electrons. The van der Waals surface area contributed by atoms with Gasteiger partial charge in [0.1, 0.15) is 16.4 Å². The largest absolute Gasteiger partial charge is 0.497 e. The lowest BCUT2D eigenvalue weighted by molar-refractivity contribution is 0.0955. The van der Waals surface area contributed by atoms with Crippen LogP contribution in [-0.4, -0.2) is 28.5 Å². The van der Waals surface area contributed by atoms with Crippen molar-refractivity contribution in [3.63, 3.8) is 0 Å². The summed E-state index contributed by atoms with van der Waals surface area (Å²) in [4.78, 5) is 13.0. The Morgan fingerprint density at radius 2 is 1.76 bits per heavy atom. The molecule has 152 valence electrons. The number of carbonyl (C=O) groups excluding carboxylic acids is 1. The first-order valence-corrected chi connectivity index (χ1v) is 10.9. The van der Waals surface area contributed by atoms with Gasteiger partial charge >= 0.3 is 0 Å². The number of halogens is 1. The molecule has 1 amide bonds. The normalized spacial score (nSPS) is 11.1. The number of nitrogens with zero attached hydrogens (tertiary/aromatic N) is 1. The number of ether oxygens (including phenoxy) is 1. The zero-order valence-corrected chi connectivity index (χ0v) is 17.4. The summed E-state index contributed by atoms with van der Waals surface area (Å²) in [5.41, 5.74) is 1.01. The van der Waals surface area contributed by atoms with Crippen LogP contribution in [0.15, 0.2) is 64.9 Å². The number of carbonyl (C=O) groups is 1. The summed E-state index contributed by atoms with van der Waals surface area (Å²) >= 11 is 1.14. The van der Waals surface area contributed by atoms with Gasteiger partial charge in [-0.05, 0) is 53.4 Å². The van der Waals surface area contributed by atoms with Crippen molar-refractivity contribution in [3.05, 3.63) is 76.2 Å². The van der Waals surface area contributed by atoms with E-state index in [2.05, 4.69) is 5.32 Å². The van der Waals surface area contributed by atoms with Crippen LogP contribution in [0.1, 0.15) is 15.2 Å². The van der Waals surface area contributed by atoms with E-state index in [1.54, 1.807) is 35.7 Å². The Hall–Kier alpha value is -2.91. The Kier molecular flexibility index (Phi) is 6.19. The van der Waals surface area contributed by atoms with E-state index in [9.17, 15) is 17.6 Å². The van der Waals surface area contributed by atoms with Crippen LogP contribution in [0.3, 0.4) is 0 Å². The Balaban J connectivity index is 1.78. The van der Waals surface area contributed by atoms with Crippen molar-refractivity contribution in [2.24, 2.45) is 0 Å². The van der Waals surface area contributed by atoms with Crippen molar-refractivity contribution in [1.82, 2.24) is 5.32 Å². The molecule has 9 heteroatoms. The molecule has 0 unspecified atom stereocenters. The molecule has 0 aliphatic carbocycles. The number of methoxy groups -OCH3 is 1. The number of hydrogen-bond donors (Lipinski definition) is 1. The molecule has 1 heterocycles.